The number of anilines is 1. The Balaban J connectivity index is 1.60. The number of allylic oxidation sites excluding steroid dienone is 5. The van der Waals surface area contributed by atoms with E-state index in [9.17, 15) is 36.4 Å². The van der Waals surface area contributed by atoms with Gasteiger partial charge in [0.1, 0.15) is 14.2 Å². The van der Waals surface area contributed by atoms with E-state index in [0.29, 0.717) is 11.1 Å². The van der Waals surface area contributed by atoms with Crippen molar-refractivity contribution >= 4 is 52.2 Å². The summed E-state index contributed by atoms with van der Waals surface area (Å²) in [6.45, 7) is 7.20. The molecule has 3 heterocycles. The molecule has 46 heavy (non-hydrogen) atoms. The average molecular weight is 667 g/mol. The van der Waals surface area contributed by atoms with Crippen molar-refractivity contribution in [2.75, 3.05) is 50.4 Å². The van der Waals surface area contributed by atoms with Crippen LogP contribution in [-0.2, 0) is 10.1 Å². The van der Waals surface area contributed by atoms with Crippen LogP contribution in [-0.4, -0.2) is 111 Å². The van der Waals surface area contributed by atoms with Crippen molar-refractivity contribution < 1.29 is 41.0 Å². The highest BCUT2D eigenvalue weighted by Gasteiger charge is 2.44. The summed E-state index contributed by atoms with van der Waals surface area (Å²) in [4.78, 5) is 29.2. The molecule has 1 unspecified atom stereocenters. The molecule has 2 N–H and O–H groups in total. The summed E-state index contributed by atoms with van der Waals surface area (Å²) in [7, 11) is -5.66. The average Bonchev–Trinajstić information content (AvgIpc) is 2.99. The molecule has 240 valence electrons. The van der Waals surface area contributed by atoms with E-state index in [4.69, 9.17) is 0 Å². The molecule has 9 nitrogen and oxygen atoms in total. The monoisotopic (exact) mass is 666 g/mol. The zero-order valence-corrected chi connectivity index (χ0v) is 27.2. The van der Waals surface area contributed by atoms with Gasteiger partial charge in [0.2, 0.25) is 6.17 Å². The molecule has 0 aromatic heterocycles. The maximum atomic E-state index is 13.9. The highest BCUT2D eigenvalue weighted by molar-refractivity contribution is 7.85. The number of carboxylic acid groups (broad SMARTS) is 1. The van der Waals surface area contributed by atoms with Crippen LogP contribution in [0, 0.1) is 0 Å². The van der Waals surface area contributed by atoms with Crippen molar-refractivity contribution in [3.05, 3.63) is 99.9 Å². The molecule has 4 aliphatic rings. The number of hydrogen-bond donors (Lipinski definition) is 2. The van der Waals surface area contributed by atoms with E-state index in [2.05, 4.69) is 13.1 Å². The topological polar surface area (TPSA) is 118 Å². The molecular formula is C33H34F2N3O6SSi+. The quantitative estimate of drug-likeness (QED) is 0.253. The fraction of sp³-hybridized carbons (Fsp3) is 0.303. The second-order valence-electron chi connectivity index (χ2n) is 12.3. The molecule has 0 radical (unpaired) electrons. The molecule has 0 bridgehead atoms. The number of hydrogen-bond acceptors (Lipinski definition) is 5. The smallest absolute Gasteiger partial charge is 0.335 e. The molecular weight excluding hydrogens is 633 g/mol. The largest absolute Gasteiger partial charge is 0.478 e. The fourth-order valence-corrected chi connectivity index (χ4v) is 10.1. The number of alkyl halides is 2. The van der Waals surface area contributed by atoms with Crippen molar-refractivity contribution in [2.45, 2.75) is 18.9 Å². The lowest BCUT2D eigenvalue weighted by molar-refractivity contribution is -0.599. The Kier molecular flexibility index (Phi) is 7.98. The molecule has 13 heteroatoms. The maximum Gasteiger partial charge on any atom is 0.335 e. The Morgan fingerprint density at radius 3 is 2.43 bits per heavy atom. The van der Waals surface area contributed by atoms with Crippen molar-refractivity contribution in [1.82, 2.24) is 4.90 Å². The van der Waals surface area contributed by atoms with E-state index in [1.54, 1.807) is 0 Å². The number of rotatable bonds is 8. The van der Waals surface area contributed by atoms with Gasteiger partial charge in [-0.15, -0.1) is 6.58 Å². The number of halogens is 2. The highest BCUT2D eigenvalue weighted by Crippen LogP contribution is 2.44. The first-order chi connectivity index (χ1) is 21.7. The number of fused-ring (bicyclic) bond motifs is 2. The molecule has 0 saturated carbocycles. The van der Waals surface area contributed by atoms with E-state index in [-0.39, 0.29) is 43.9 Å². The number of carbonyl (C=O) groups excluding carboxylic acids is 1. The van der Waals surface area contributed by atoms with Gasteiger partial charge in [0, 0.05) is 37.0 Å². The maximum absolute atomic E-state index is 13.9. The van der Waals surface area contributed by atoms with Crippen molar-refractivity contribution in [3.63, 3.8) is 0 Å². The van der Waals surface area contributed by atoms with E-state index in [1.165, 1.54) is 30.1 Å². The standard InChI is InChI=1S/C33H33F2N3O6SSi/c1-4-46(3)29-14-23(37-16-21(34)17-37)6-9-26(29)31(27-10-7-24(15-30(27)46)38-18-22(35)19-38)28-13-20(33(40)41)5-8-25(28)32(39)36(2)11-12-45(42,43)44/h4-10,13-15,21-22H,1,11-12,16-19H2,2-3H3,(H-,40,41,42,43,44)/p+1. The molecule has 6 rings (SSSR count). The van der Waals surface area contributed by atoms with Gasteiger partial charge in [-0.1, -0.05) is 18.3 Å². The van der Waals surface area contributed by atoms with E-state index in [0.717, 1.165) is 32.9 Å². The lowest BCUT2D eigenvalue weighted by Crippen LogP contribution is -2.53. The summed E-state index contributed by atoms with van der Waals surface area (Å²) in [5.74, 6) is -2.41. The van der Waals surface area contributed by atoms with Gasteiger partial charge in [0.05, 0.1) is 24.4 Å². The highest BCUT2D eigenvalue weighted by atomic mass is 32.2. The van der Waals surface area contributed by atoms with Gasteiger partial charge < -0.3 is 14.9 Å². The molecule has 2 fully saturated rings. The van der Waals surface area contributed by atoms with Gasteiger partial charge in [0.15, 0.2) is 18.8 Å². The van der Waals surface area contributed by atoms with Gasteiger partial charge in [-0.05, 0) is 69.1 Å². The fourth-order valence-electron chi connectivity index (χ4n) is 6.45. The summed E-state index contributed by atoms with van der Waals surface area (Å²) >= 11 is 0. The predicted molar refractivity (Wildman–Crippen MR) is 175 cm³/mol. The number of aromatic carboxylic acids is 1. The zero-order chi connectivity index (χ0) is 33.1. The Labute approximate surface area is 266 Å². The first-order valence-corrected chi connectivity index (χ1v) is 19.1. The third kappa shape index (κ3) is 5.56. The van der Waals surface area contributed by atoms with Gasteiger partial charge >= 0.3 is 5.97 Å². The minimum atomic E-state index is -4.34. The number of carboxylic acids is 1. The Morgan fingerprint density at radius 1 is 1.11 bits per heavy atom. The molecule has 1 aliphatic carbocycles. The second-order valence-corrected chi connectivity index (χ2v) is 17.8. The predicted octanol–water partition coefficient (Wildman–Crippen LogP) is 3.17. The minimum Gasteiger partial charge on any atom is -0.478 e. The van der Waals surface area contributed by atoms with Crippen LogP contribution >= 0.6 is 0 Å². The normalized spacial score (nSPS) is 22.4. The molecule has 2 aromatic rings. The minimum absolute atomic E-state index is 0.0468. The van der Waals surface area contributed by atoms with Gasteiger partial charge in [-0.2, -0.15) is 8.42 Å². The van der Waals surface area contributed by atoms with Crippen LogP contribution in [0.5, 0.6) is 0 Å². The van der Waals surface area contributed by atoms with Crippen LogP contribution in [0.4, 0.5) is 14.5 Å². The van der Waals surface area contributed by atoms with E-state index in [1.807, 2.05) is 51.6 Å². The van der Waals surface area contributed by atoms with Crippen LogP contribution in [0.25, 0.3) is 5.57 Å². The summed E-state index contributed by atoms with van der Waals surface area (Å²) in [5.41, 5.74) is 6.26. The van der Waals surface area contributed by atoms with Crippen LogP contribution < -0.4 is 10.1 Å². The van der Waals surface area contributed by atoms with Crippen molar-refractivity contribution in [1.29, 1.82) is 0 Å². The number of amides is 1. The van der Waals surface area contributed by atoms with Gasteiger partial charge in [0.25, 0.3) is 16.0 Å². The van der Waals surface area contributed by atoms with Crippen molar-refractivity contribution in [2.24, 2.45) is 0 Å². The third-order valence-electron chi connectivity index (χ3n) is 9.27. The summed E-state index contributed by atoms with van der Waals surface area (Å²) in [5, 5.41) is 11.9. The van der Waals surface area contributed by atoms with E-state index < -0.39 is 48.2 Å². The van der Waals surface area contributed by atoms with Crippen LogP contribution in [0.1, 0.15) is 31.8 Å². The summed E-state index contributed by atoms with van der Waals surface area (Å²) in [6, 6.07) is 10.0. The van der Waals surface area contributed by atoms with Gasteiger partial charge in [-0.3, -0.25) is 9.35 Å². The summed E-state index contributed by atoms with van der Waals surface area (Å²) in [6.07, 6.45) is 4.02. The number of carbonyl (C=O) groups is 2. The molecule has 0 spiro atoms. The lowest BCUT2D eigenvalue weighted by atomic mass is 9.86. The molecule has 2 aromatic carbocycles. The zero-order valence-electron chi connectivity index (χ0n) is 25.4. The Morgan fingerprint density at radius 2 is 1.83 bits per heavy atom. The van der Waals surface area contributed by atoms with Crippen LogP contribution in [0.2, 0.25) is 6.55 Å². The third-order valence-corrected chi connectivity index (χ3v) is 13.9. The summed E-state index contributed by atoms with van der Waals surface area (Å²) < 4.78 is 61.8. The molecule has 1 amide bonds. The Hall–Kier alpha value is -4.20. The molecule has 1 atom stereocenters. The number of nitrogens with zero attached hydrogens (tertiary/aromatic N) is 3. The molecule has 2 saturated heterocycles. The van der Waals surface area contributed by atoms with Crippen LogP contribution in [0.3, 0.4) is 0 Å². The van der Waals surface area contributed by atoms with Gasteiger partial charge in [-0.25, -0.2) is 18.2 Å². The van der Waals surface area contributed by atoms with Crippen LogP contribution in [0.15, 0.2) is 77.7 Å². The van der Waals surface area contributed by atoms with E-state index >= 15 is 0 Å². The van der Waals surface area contributed by atoms with Crippen molar-refractivity contribution in [3.8, 4) is 0 Å². The Bertz CT molecular complexity index is 1920. The second kappa shape index (κ2) is 11.5. The molecule has 3 aliphatic heterocycles. The first kappa shape index (κ1) is 31.8. The first-order valence-electron chi connectivity index (χ1n) is 14.9. The lowest BCUT2D eigenvalue weighted by Gasteiger charge is -2.41. The SMILES string of the molecule is C=C[Si]1(C)C2=CC(=[N+]3CC(F)C3)C=CC2=C(c2cc(C(=O)O)ccc2C(=O)N(C)CCS(=O)(=O)O)c2ccc(N3CC(F)C3)cc21. The number of benzene rings is 2.